The number of Topliss-reactive ketones (excluding diaryl/α,β-unsaturated/α-hetero) is 1. The van der Waals surface area contributed by atoms with Crippen LogP contribution < -0.4 is 0 Å². The Morgan fingerprint density at radius 1 is 1.37 bits per heavy atom. The Bertz CT molecular complexity index is 693. The van der Waals surface area contributed by atoms with Crippen LogP contribution >= 0.6 is 0 Å². The molecule has 96 valence electrons. The van der Waals surface area contributed by atoms with Gasteiger partial charge in [0, 0.05) is 13.0 Å². The molecule has 0 amide bonds. The highest BCUT2D eigenvalue weighted by molar-refractivity contribution is 6.12. The van der Waals surface area contributed by atoms with E-state index in [1.165, 1.54) is 23.0 Å². The van der Waals surface area contributed by atoms with E-state index in [-0.39, 0.29) is 34.9 Å². The lowest BCUT2D eigenvalue weighted by atomic mass is 10.1. The van der Waals surface area contributed by atoms with Crippen molar-refractivity contribution in [3.63, 3.8) is 0 Å². The van der Waals surface area contributed by atoms with E-state index in [2.05, 4.69) is 0 Å². The highest BCUT2D eigenvalue weighted by Crippen LogP contribution is 2.26. The fourth-order valence-corrected chi connectivity index (χ4v) is 2.30. The number of furan rings is 1. The van der Waals surface area contributed by atoms with Crippen molar-refractivity contribution in [2.24, 2.45) is 0 Å². The molecule has 1 aliphatic heterocycles. The van der Waals surface area contributed by atoms with Crippen LogP contribution in [0.5, 0.6) is 0 Å². The van der Waals surface area contributed by atoms with Crippen LogP contribution in [0.15, 0.2) is 28.9 Å². The number of rotatable bonds is 3. The summed E-state index contributed by atoms with van der Waals surface area (Å²) in [5.74, 6) is -1.77. The minimum Gasteiger partial charge on any atom is -0.478 e. The molecule has 0 fully saturated rings. The van der Waals surface area contributed by atoms with E-state index >= 15 is 0 Å². The Labute approximate surface area is 107 Å². The van der Waals surface area contributed by atoms with Crippen molar-refractivity contribution < 1.29 is 23.9 Å². The molecule has 3 heterocycles. The molecule has 6 nitrogen and oxygen atoms in total. The Morgan fingerprint density at radius 3 is 2.79 bits per heavy atom. The number of carboxylic acid groups (broad SMARTS) is 1. The van der Waals surface area contributed by atoms with Gasteiger partial charge in [0.25, 0.3) is 0 Å². The van der Waals surface area contributed by atoms with Crippen LogP contribution in [-0.2, 0) is 6.54 Å². The van der Waals surface area contributed by atoms with Gasteiger partial charge in [0.15, 0.2) is 11.5 Å². The summed E-state index contributed by atoms with van der Waals surface area (Å²) in [4.78, 5) is 35.0. The maximum absolute atomic E-state index is 12.2. The van der Waals surface area contributed by atoms with Crippen LogP contribution in [0.2, 0.25) is 0 Å². The summed E-state index contributed by atoms with van der Waals surface area (Å²) in [5.41, 5.74) is 0.146. The van der Waals surface area contributed by atoms with Gasteiger partial charge in [-0.3, -0.25) is 9.59 Å². The predicted molar refractivity (Wildman–Crippen MR) is 62.5 cm³/mol. The molecular weight excluding hydrogens is 250 g/mol. The van der Waals surface area contributed by atoms with E-state index < -0.39 is 11.8 Å². The summed E-state index contributed by atoms with van der Waals surface area (Å²) in [6, 6.07) is 4.31. The summed E-state index contributed by atoms with van der Waals surface area (Å²) in [7, 11) is 0. The average Bonchev–Trinajstić information content (AvgIpc) is 3.05. The summed E-state index contributed by atoms with van der Waals surface area (Å²) >= 11 is 0. The van der Waals surface area contributed by atoms with E-state index in [0.717, 1.165) is 0 Å². The van der Waals surface area contributed by atoms with Crippen LogP contribution in [0, 0.1) is 0 Å². The lowest BCUT2D eigenvalue weighted by Crippen LogP contribution is -2.08. The maximum atomic E-state index is 12.2. The largest absolute Gasteiger partial charge is 0.478 e. The van der Waals surface area contributed by atoms with E-state index in [4.69, 9.17) is 9.52 Å². The molecule has 0 radical (unpaired) electrons. The van der Waals surface area contributed by atoms with E-state index in [0.29, 0.717) is 6.54 Å². The molecule has 0 aromatic carbocycles. The number of carboxylic acids is 1. The number of aromatic nitrogens is 1. The topological polar surface area (TPSA) is 89.5 Å². The molecule has 6 heteroatoms. The number of fused-ring (bicyclic) bond motifs is 1. The van der Waals surface area contributed by atoms with Crippen molar-refractivity contribution in [2.75, 3.05) is 0 Å². The van der Waals surface area contributed by atoms with Gasteiger partial charge >= 0.3 is 5.97 Å². The minimum absolute atomic E-state index is 0.0995. The van der Waals surface area contributed by atoms with Gasteiger partial charge < -0.3 is 14.1 Å². The second-order valence-electron chi connectivity index (χ2n) is 4.23. The van der Waals surface area contributed by atoms with Crippen LogP contribution in [-0.4, -0.2) is 27.2 Å². The fourth-order valence-electron chi connectivity index (χ4n) is 2.30. The third-order valence-corrected chi connectivity index (χ3v) is 3.13. The molecule has 2 aromatic rings. The van der Waals surface area contributed by atoms with E-state index in [1.807, 2.05) is 0 Å². The maximum Gasteiger partial charge on any atom is 0.338 e. The van der Waals surface area contributed by atoms with Crippen molar-refractivity contribution in [3.05, 3.63) is 47.2 Å². The molecule has 0 aliphatic carbocycles. The smallest absolute Gasteiger partial charge is 0.338 e. The molecule has 2 aromatic heterocycles. The van der Waals surface area contributed by atoms with Crippen molar-refractivity contribution in [2.45, 2.75) is 13.0 Å². The Kier molecular flexibility index (Phi) is 2.38. The lowest BCUT2D eigenvalue weighted by Gasteiger charge is -2.01. The first kappa shape index (κ1) is 11.5. The fraction of sp³-hybridized carbons (Fsp3) is 0.154. The van der Waals surface area contributed by atoms with Crippen molar-refractivity contribution >= 4 is 17.5 Å². The molecule has 0 saturated carbocycles. The zero-order chi connectivity index (χ0) is 13.6. The van der Waals surface area contributed by atoms with Crippen LogP contribution in [0.25, 0.3) is 0 Å². The molecule has 0 spiro atoms. The van der Waals surface area contributed by atoms with Crippen LogP contribution in [0.4, 0.5) is 0 Å². The van der Waals surface area contributed by atoms with Gasteiger partial charge in [-0.1, -0.05) is 0 Å². The molecule has 0 atom stereocenters. The number of aromatic carboxylic acids is 1. The summed E-state index contributed by atoms with van der Waals surface area (Å²) in [5, 5.41) is 9.09. The number of nitrogens with zero attached hydrogens (tertiary/aromatic N) is 1. The van der Waals surface area contributed by atoms with Crippen molar-refractivity contribution in [3.8, 4) is 0 Å². The molecule has 1 N–H and O–H groups in total. The van der Waals surface area contributed by atoms with Gasteiger partial charge in [-0.15, -0.1) is 0 Å². The summed E-state index contributed by atoms with van der Waals surface area (Å²) < 4.78 is 6.47. The first-order chi connectivity index (χ1) is 9.09. The molecule has 0 unspecified atom stereocenters. The number of carbonyl (C=O) groups is 3. The third-order valence-electron chi connectivity index (χ3n) is 3.13. The summed E-state index contributed by atoms with van der Waals surface area (Å²) in [6.07, 6.45) is 1.58. The molecule has 1 aliphatic rings. The SMILES string of the molecule is O=C(O)c1cc(C(=O)c2ccco2)n2c1C(=O)CC2. The summed E-state index contributed by atoms with van der Waals surface area (Å²) in [6.45, 7) is 0.323. The van der Waals surface area contributed by atoms with Gasteiger partial charge in [0.2, 0.25) is 5.78 Å². The minimum atomic E-state index is -1.21. The standard InChI is InChI=1S/C13H9NO5/c15-9-3-4-14-8(6-7(11(9)14)13(17)18)12(16)10-2-1-5-19-10/h1-2,5-6H,3-4H2,(H,17,18). The van der Waals surface area contributed by atoms with Gasteiger partial charge in [-0.2, -0.15) is 0 Å². The first-order valence-corrected chi connectivity index (χ1v) is 5.68. The van der Waals surface area contributed by atoms with Gasteiger partial charge in [0.05, 0.1) is 23.2 Å². The Morgan fingerprint density at radius 2 is 2.16 bits per heavy atom. The molecule has 3 rings (SSSR count). The third kappa shape index (κ3) is 1.61. The zero-order valence-electron chi connectivity index (χ0n) is 9.75. The van der Waals surface area contributed by atoms with E-state index in [9.17, 15) is 14.4 Å². The van der Waals surface area contributed by atoms with Crippen molar-refractivity contribution in [1.82, 2.24) is 4.57 Å². The quantitative estimate of drug-likeness (QED) is 0.845. The number of hydrogen-bond donors (Lipinski definition) is 1. The molecule has 19 heavy (non-hydrogen) atoms. The highest BCUT2D eigenvalue weighted by Gasteiger charge is 2.32. The van der Waals surface area contributed by atoms with Crippen LogP contribution in [0.1, 0.15) is 43.5 Å². The predicted octanol–water partition coefficient (Wildman–Crippen LogP) is 1.60. The second-order valence-corrected chi connectivity index (χ2v) is 4.23. The van der Waals surface area contributed by atoms with Gasteiger partial charge in [0.1, 0.15) is 0 Å². The highest BCUT2D eigenvalue weighted by atomic mass is 16.4. The van der Waals surface area contributed by atoms with Gasteiger partial charge in [-0.05, 0) is 18.2 Å². The normalized spacial score (nSPS) is 13.6. The molecular formula is C13H9NO5. The monoisotopic (exact) mass is 259 g/mol. The zero-order valence-corrected chi connectivity index (χ0v) is 9.75. The second kappa shape index (κ2) is 3.94. The van der Waals surface area contributed by atoms with Crippen LogP contribution in [0.3, 0.4) is 0 Å². The lowest BCUT2D eigenvalue weighted by molar-refractivity contribution is 0.0692. The first-order valence-electron chi connectivity index (χ1n) is 5.68. The molecule has 0 saturated heterocycles. The Balaban J connectivity index is 2.16. The number of ketones is 2. The van der Waals surface area contributed by atoms with Crippen molar-refractivity contribution in [1.29, 1.82) is 0 Å². The Hall–Kier alpha value is -2.63. The number of carbonyl (C=O) groups excluding carboxylic acids is 2. The van der Waals surface area contributed by atoms with Gasteiger partial charge in [-0.25, -0.2) is 4.79 Å². The molecule has 0 bridgehead atoms. The number of hydrogen-bond acceptors (Lipinski definition) is 4. The average molecular weight is 259 g/mol. The van der Waals surface area contributed by atoms with E-state index in [1.54, 1.807) is 6.07 Å².